The van der Waals surface area contributed by atoms with E-state index < -0.39 is 119 Å². The molecule has 0 spiro atoms. The predicted octanol–water partition coefficient (Wildman–Crippen LogP) is 4.66. The lowest BCUT2D eigenvalue weighted by atomic mass is 9.90. The number of carbonyl (C=O) groups is 9. The number of rotatable bonds is 16. The SMILES string of the molecule is C[C@@H](O)[C@@H]1NC(=O)[C@H](CCCCNC(=O)OC(C)(C)C)NC(=O)[C@@H](CC2=CCc3ccccc32)NC(=O)[C@H](Cc2ccc(O)cc2)CC(=O)[C@@H](NC(=O)[C@@H](Cc2ccccc2)NC(=O)OC(C)(C)C)CSSC[C@@H](C(=O)O)NC1=O. The molecule has 8 atom stereocenters. The maximum Gasteiger partial charge on any atom is 0.408 e. The van der Waals surface area contributed by atoms with Crippen LogP contribution in [0, 0.1) is 5.92 Å². The van der Waals surface area contributed by atoms with Crippen molar-refractivity contribution in [1.82, 2.24) is 37.2 Å². The van der Waals surface area contributed by atoms with Crippen LogP contribution in [0.25, 0.3) is 5.57 Å². The molecule has 80 heavy (non-hydrogen) atoms. The minimum absolute atomic E-state index is 0.0228. The Kier molecular flexibility index (Phi) is 23.8. The van der Waals surface area contributed by atoms with Crippen molar-refractivity contribution in [3.05, 3.63) is 107 Å². The Bertz CT molecular complexity index is 2690. The number of hydrogen-bond acceptors (Lipinski definition) is 15. The quantitative estimate of drug-likeness (QED) is 0.0689. The Morgan fingerprint density at radius 3 is 2.00 bits per heavy atom. The Balaban J connectivity index is 1.56. The van der Waals surface area contributed by atoms with Crippen molar-refractivity contribution < 1.29 is 67.9 Å². The number of aromatic hydroxyl groups is 1. The van der Waals surface area contributed by atoms with Crippen LogP contribution < -0.4 is 37.2 Å². The van der Waals surface area contributed by atoms with Crippen molar-refractivity contribution in [2.75, 3.05) is 18.1 Å². The molecule has 1 aliphatic heterocycles. The van der Waals surface area contributed by atoms with Crippen molar-refractivity contribution in [1.29, 1.82) is 0 Å². The number of amides is 7. The molecule has 3 aromatic rings. The zero-order chi connectivity index (χ0) is 58.7. The monoisotopic (exact) mass is 1150 g/mol. The van der Waals surface area contributed by atoms with Gasteiger partial charge in [0.2, 0.25) is 29.5 Å². The van der Waals surface area contributed by atoms with Gasteiger partial charge in [-0.2, -0.15) is 0 Å². The Hall–Kier alpha value is -7.11. The number of ether oxygens (including phenoxy) is 2. The summed E-state index contributed by atoms with van der Waals surface area (Å²) in [5.74, 6) is -8.28. The third kappa shape index (κ3) is 21.2. The number of aliphatic hydroxyl groups excluding tert-OH is 1. The number of aliphatic hydroxyl groups is 1. The molecule has 3 aromatic carbocycles. The fourth-order valence-corrected chi connectivity index (χ4v) is 11.0. The number of carboxylic acid groups (broad SMARTS) is 1. The summed E-state index contributed by atoms with van der Waals surface area (Å²) in [6.45, 7) is 11.4. The molecule has 1 saturated heterocycles. The van der Waals surface area contributed by atoms with Gasteiger partial charge < -0.3 is 62.0 Å². The van der Waals surface area contributed by atoms with Gasteiger partial charge in [0.1, 0.15) is 47.2 Å². The first-order valence-electron chi connectivity index (χ1n) is 26.5. The molecule has 0 saturated carbocycles. The van der Waals surface area contributed by atoms with Crippen molar-refractivity contribution in [3.8, 4) is 5.75 Å². The van der Waals surface area contributed by atoms with Crippen LogP contribution in [0.2, 0.25) is 0 Å². The molecule has 0 unspecified atom stereocenters. The van der Waals surface area contributed by atoms with Crippen LogP contribution in [-0.4, -0.2) is 140 Å². The lowest BCUT2D eigenvalue weighted by Gasteiger charge is -2.29. The molecule has 434 valence electrons. The second-order valence-corrected chi connectivity index (χ2v) is 24.3. The summed E-state index contributed by atoms with van der Waals surface area (Å²) in [5, 5.41) is 49.9. The van der Waals surface area contributed by atoms with E-state index in [-0.39, 0.29) is 55.9 Å². The molecule has 1 aliphatic carbocycles. The highest BCUT2D eigenvalue weighted by atomic mass is 33.1. The van der Waals surface area contributed by atoms with Crippen LogP contribution in [-0.2, 0) is 62.3 Å². The molecule has 5 rings (SSSR count). The summed E-state index contributed by atoms with van der Waals surface area (Å²) in [6.07, 6.45) is -1.01. The number of nitrogens with one attached hydrogen (secondary N) is 7. The van der Waals surface area contributed by atoms with Crippen LogP contribution in [0.1, 0.15) is 103 Å². The van der Waals surface area contributed by atoms with Gasteiger partial charge in [0.25, 0.3) is 0 Å². The normalized spacial score (nSPS) is 21.6. The largest absolute Gasteiger partial charge is 0.508 e. The van der Waals surface area contributed by atoms with E-state index in [0.29, 0.717) is 29.5 Å². The number of hydrogen-bond donors (Lipinski definition) is 10. The average Bonchev–Trinajstić information content (AvgIpc) is 3.83. The highest BCUT2D eigenvalue weighted by Gasteiger charge is 2.37. The lowest BCUT2D eigenvalue weighted by molar-refractivity contribution is -0.142. The highest BCUT2D eigenvalue weighted by molar-refractivity contribution is 8.76. The summed E-state index contributed by atoms with van der Waals surface area (Å²) >= 11 is 0. The van der Waals surface area contributed by atoms with Crippen LogP contribution in [0.15, 0.2) is 84.9 Å². The van der Waals surface area contributed by atoms with E-state index in [1.54, 1.807) is 84.0 Å². The van der Waals surface area contributed by atoms with E-state index in [1.165, 1.54) is 19.1 Å². The van der Waals surface area contributed by atoms with Gasteiger partial charge in [0.15, 0.2) is 5.78 Å². The van der Waals surface area contributed by atoms with E-state index >= 15 is 4.79 Å². The number of phenols is 1. The highest BCUT2D eigenvalue weighted by Crippen LogP contribution is 2.31. The van der Waals surface area contributed by atoms with Crippen LogP contribution in [0.3, 0.4) is 0 Å². The maximum atomic E-state index is 15.0. The second kappa shape index (κ2) is 29.9. The van der Waals surface area contributed by atoms with E-state index in [4.69, 9.17) is 9.47 Å². The third-order valence-corrected chi connectivity index (χ3v) is 15.1. The van der Waals surface area contributed by atoms with E-state index in [9.17, 15) is 53.7 Å². The van der Waals surface area contributed by atoms with Crippen LogP contribution in [0.5, 0.6) is 5.75 Å². The van der Waals surface area contributed by atoms with E-state index in [0.717, 1.165) is 32.7 Å². The maximum absolute atomic E-state index is 15.0. The summed E-state index contributed by atoms with van der Waals surface area (Å²) in [5.41, 5.74) is 2.00. The molecule has 21 nitrogen and oxygen atoms in total. The van der Waals surface area contributed by atoms with Crippen molar-refractivity contribution in [2.24, 2.45) is 5.92 Å². The van der Waals surface area contributed by atoms with Gasteiger partial charge >= 0.3 is 18.2 Å². The standard InChI is InChI=1S/C57H75N7O14S2/c1-33(65)47-52(72)62-45(53(73)74)32-80-79-31-44(61-50(70)42(28-34-15-9-8-10-16-34)63-55(76)78-57(5,6)7)46(67)30-38(27-35-20-24-39(66)25-21-35)48(68)60-43(29-37-23-22-36-17-11-12-18-40(36)37)51(71)59-41(49(69)64-47)19-13-14-26-58-54(75)77-56(2,3)4/h8-12,15-18,20-21,23-25,33,38,41-45,47,65-66H,13-14,19,22,26-32H2,1-7H3,(H,58,75)(H,59,71)(H,60,68)(H,61,70)(H,62,72)(H,63,76)(H,64,69)(H,73,74)/t33-,38-,41+,42-,43-,44+,45+,47+/m1/s1. The molecule has 0 aromatic heterocycles. The van der Waals surface area contributed by atoms with Gasteiger partial charge in [-0.05, 0) is 121 Å². The predicted molar refractivity (Wildman–Crippen MR) is 303 cm³/mol. The Morgan fingerprint density at radius 2 is 1.34 bits per heavy atom. The van der Waals surface area contributed by atoms with Gasteiger partial charge in [-0.3, -0.25) is 28.8 Å². The van der Waals surface area contributed by atoms with Crippen molar-refractivity contribution >= 4 is 80.6 Å². The molecular formula is C57H75N7O14S2. The van der Waals surface area contributed by atoms with Crippen molar-refractivity contribution in [3.63, 3.8) is 0 Å². The number of allylic oxidation sites excluding steroid dienone is 1. The molecular weight excluding hydrogens is 1070 g/mol. The summed E-state index contributed by atoms with van der Waals surface area (Å²) in [4.78, 5) is 126. The molecule has 0 bridgehead atoms. The topological polar surface area (TPSA) is 317 Å². The third-order valence-electron chi connectivity index (χ3n) is 12.7. The molecule has 2 aliphatic rings. The van der Waals surface area contributed by atoms with E-state index in [1.807, 2.05) is 30.3 Å². The van der Waals surface area contributed by atoms with Crippen LogP contribution >= 0.6 is 21.6 Å². The van der Waals surface area contributed by atoms with Gasteiger partial charge in [-0.1, -0.05) is 94.4 Å². The number of unbranched alkanes of at least 4 members (excludes halogenated alkanes) is 1. The fourth-order valence-electron chi connectivity index (χ4n) is 8.67. The average molecular weight is 1150 g/mol. The molecule has 1 heterocycles. The number of benzene rings is 3. The number of alkyl carbamates (subject to hydrolysis) is 2. The number of Topliss-reactive ketones (excluding diaryl/α,β-unsaturated/α-hetero) is 1. The van der Waals surface area contributed by atoms with Gasteiger partial charge in [0.05, 0.1) is 12.1 Å². The number of carbonyl (C=O) groups excluding carboxylic acids is 8. The number of ketones is 1. The molecule has 10 N–H and O–H groups in total. The van der Waals surface area contributed by atoms with Gasteiger partial charge in [-0.15, -0.1) is 0 Å². The number of carboxylic acids is 1. The minimum atomic E-state index is -1.73. The van der Waals surface area contributed by atoms with E-state index in [2.05, 4.69) is 37.2 Å². The Labute approximate surface area is 474 Å². The smallest absolute Gasteiger partial charge is 0.408 e. The van der Waals surface area contributed by atoms with Crippen LogP contribution in [0.4, 0.5) is 9.59 Å². The first-order valence-corrected chi connectivity index (χ1v) is 29.0. The fraction of sp³-hybridized carbons (Fsp3) is 0.491. The zero-order valence-corrected chi connectivity index (χ0v) is 47.8. The first-order chi connectivity index (χ1) is 37.7. The molecule has 7 amide bonds. The lowest BCUT2D eigenvalue weighted by Crippen LogP contribution is -2.60. The number of aliphatic carboxylic acids is 1. The van der Waals surface area contributed by atoms with Gasteiger partial charge in [-0.25, -0.2) is 14.4 Å². The minimum Gasteiger partial charge on any atom is -0.508 e. The summed E-state index contributed by atoms with van der Waals surface area (Å²) in [6, 6.07) is 13.4. The number of phenolic OH excluding ortho intramolecular Hbond substituents is 1. The molecule has 1 fully saturated rings. The summed E-state index contributed by atoms with van der Waals surface area (Å²) in [7, 11) is 1.91. The molecule has 23 heteroatoms. The number of fused-ring (bicyclic) bond motifs is 1. The first kappa shape index (κ1) is 63.7. The van der Waals surface area contributed by atoms with Gasteiger partial charge in [0, 0.05) is 43.2 Å². The van der Waals surface area contributed by atoms with Crippen molar-refractivity contribution in [2.45, 2.75) is 153 Å². The molecule has 0 radical (unpaired) electrons. The Morgan fingerprint density at radius 1 is 0.713 bits per heavy atom. The summed E-state index contributed by atoms with van der Waals surface area (Å²) < 4.78 is 10.8. The second-order valence-electron chi connectivity index (χ2n) is 21.7. The zero-order valence-electron chi connectivity index (χ0n) is 46.1.